The van der Waals surface area contributed by atoms with Gasteiger partial charge < -0.3 is 0 Å². The molecule has 0 atom stereocenters. The highest BCUT2D eigenvalue weighted by Crippen LogP contribution is 2.29. The molecule has 0 unspecified atom stereocenters. The van der Waals surface area contributed by atoms with Crippen LogP contribution in [0.15, 0.2) is 30.5 Å². The molecule has 5 nitrogen and oxygen atoms in total. The van der Waals surface area contributed by atoms with Crippen LogP contribution >= 0.6 is 0 Å². The molecule has 0 saturated carbocycles. The summed E-state index contributed by atoms with van der Waals surface area (Å²) in [6, 6.07) is 8.47. The largest absolute Gasteiger partial charge is 0.278 e. The molecule has 4 aromatic rings. The molecule has 0 amide bonds. The second kappa shape index (κ2) is 4.91. The topological polar surface area (TPSA) is 58.9 Å². The number of hydrogen-bond donors (Lipinski definition) is 1. The molecule has 0 aliphatic rings. The molecule has 3 aromatic heterocycles. The van der Waals surface area contributed by atoms with Gasteiger partial charge in [-0.3, -0.25) is 5.10 Å². The molecule has 0 bridgehead atoms. The minimum atomic E-state index is 0.307. The highest BCUT2D eigenvalue weighted by Gasteiger charge is 2.15. The predicted octanol–water partition coefficient (Wildman–Crippen LogP) is 4.01. The van der Waals surface area contributed by atoms with Crippen LogP contribution in [0.1, 0.15) is 36.7 Å². The maximum Gasteiger partial charge on any atom is 0.156 e. The predicted molar refractivity (Wildman–Crippen MR) is 91.6 cm³/mol. The fourth-order valence-corrected chi connectivity index (χ4v) is 3.03. The quantitative estimate of drug-likeness (QED) is 0.608. The fourth-order valence-electron chi connectivity index (χ4n) is 3.03. The van der Waals surface area contributed by atoms with E-state index in [1.54, 1.807) is 0 Å². The highest BCUT2D eigenvalue weighted by molar-refractivity contribution is 5.87. The molecule has 1 aromatic carbocycles. The molecule has 5 heteroatoms. The average Bonchev–Trinajstić information content (AvgIpc) is 3.13. The third-order valence-corrected chi connectivity index (χ3v) is 4.25. The van der Waals surface area contributed by atoms with Crippen LogP contribution in [0.2, 0.25) is 0 Å². The summed E-state index contributed by atoms with van der Waals surface area (Å²) in [4.78, 5) is 4.65. The molecular formula is C18H19N5. The Bertz CT molecular complexity index is 1020. The van der Waals surface area contributed by atoms with Crippen LogP contribution in [-0.4, -0.2) is 24.8 Å². The maximum atomic E-state index is 4.73. The summed E-state index contributed by atoms with van der Waals surface area (Å²) in [5.74, 6) is 1.18. The van der Waals surface area contributed by atoms with Crippen LogP contribution in [0.3, 0.4) is 0 Å². The third kappa shape index (κ3) is 2.11. The van der Waals surface area contributed by atoms with Crippen LogP contribution in [0.5, 0.6) is 0 Å². The summed E-state index contributed by atoms with van der Waals surface area (Å²) in [7, 11) is 0. The van der Waals surface area contributed by atoms with E-state index in [0.29, 0.717) is 5.92 Å². The van der Waals surface area contributed by atoms with E-state index in [-0.39, 0.29) is 0 Å². The highest BCUT2D eigenvalue weighted by atomic mass is 15.3. The van der Waals surface area contributed by atoms with Crippen LogP contribution < -0.4 is 0 Å². The van der Waals surface area contributed by atoms with Gasteiger partial charge in [0.2, 0.25) is 0 Å². The summed E-state index contributed by atoms with van der Waals surface area (Å²) in [5, 5.41) is 13.0. The number of benzene rings is 1. The first kappa shape index (κ1) is 13.9. The number of pyridine rings is 1. The van der Waals surface area contributed by atoms with Crippen molar-refractivity contribution in [3.8, 4) is 11.3 Å². The van der Waals surface area contributed by atoms with Crippen molar-refractivity contribution in [3.05, 3.63) is 47.4 Å². The van der Waals surface area contributed by atoms with Crippen molar-refractivity contribution in [2.24, 2.45) is 0 Å². The Hall–Kier alpha value is -2.69. The van der Waals surface area contributed by atoms with E-state index < -0.39 is 0 Å². The summed E-state index contributed by atoms with van der Waals surface area (Å²) in [6.45, 7) is 8.44. The van der Waals surface area contributed by atoms with Gasteiger partial charge in [-0.2, -0.15) is 10.2 Å². The molecule has 0 radical (unpaired) electrons. The monoisotopic (exact) mass is 305 g/mol. The van der Waals surface area contributed by atoms with Crippen LogP contribution in [0, 0.1) is 13.8 Å². The summed E-state index contributed by atoms with van der Waals surface area (Å²) in [6.07, 6.45) is 1.86. The van der Waals surface area contributed by atoms with Gasteiger partial charge in [0, 0.05) is 16.9 Å². The molecule has 0 spiro atoms. The first-order chi connectivity index (χ1) is 11.0. The van der Waals surface area contributed by atoms with Crippen molar-refractivity contribution >= 4 is 16.6 Å². The Labute approximate surface area is 134 Å². The molecule has 3 heterocycles. The Morgan fingerprint density at radius 3 is 2.70 bits per heavy atom. The molecule has 0 fully saturated rings. The van der Waals surface area contributed by atoms with Gasteiger partial charge in [-0.25, -0.2) is 9.50 Å². The van der Waals surface area contributed by atoms with Gasteiger partial charge in [-0.15, -0.1) is 0 Å². The lowest BCUT2D eigenvalue weighted by molar-refractivity contribution is 0.766. The molecule has 0 aliphatic heterocycles. The normalized spacial score (nSPS) is 11.9. The summed E-state index contributed by atoms with van der Waals surface area (Å²) < 4.78 is 1.96. The summed E-state index contributed by atoms with van der Waals surface area (Å²) >= 11 is 0. The van der Waals surface area contributed by atoms with E-state index in [1.165, 1.54) is 11.1 Å². The zero-order valence-corrected chi connectivity index (χ0v) is 13.8. The molecule has 0 aliphatic carbocycles. The van der Waals surface area contributed by atoms with E-state index in [0.717, 1.165) is 33.6 Å². The van der Waals surface area contributed by atoms with E-state index in [4.69, 9.17) is 5.10 Å². The van der Waals surface area contributed by atoms with E-state index in [1.807, 2.05) is 16.8 Å². The van der Waals surface area contributed by atoms with Gasteiger partial charge in [-0.1, -0.05) is 19.9 Å². The SMILES string of the molecule is Cc1ccc2nc(C(C)C)nn2c1-c1cc(C)c2[nH]ncc2c1. The van der Waals surface area contributed by atoms with E-state index >= 15 is 0 Å². The number of fused-ring (bicyclic) bond motifs is 2. The standard InChI is InChI=1S/C18H19N5/c1-10(2)18-20-15-6-5-11(3)17(23(15)22-18)13-7-12(4)16-14(8-13)9-19-21-16/h5-10H,1-4H3,(H,19,21). The first-order valence-electron chi connectivity index (χ1n) is 7.85. The van der Waals surface area contributed by atoms with Crippen molar-refractivity contribution in [2.75, 3.05) is 0 Å². The van der Waals surface area contributed by atoms with Crippen LogP contribution in [-0.2, 0) is 0 Å². The van der Waals surface area contributed by atoms with Crippen molar-refractivity contribution in [1.29, 1.82) is 0 Å². The minimum Gasteiger partial charge on any atom is -0.278 e. The number of aromatic nitrogens is 5. The van der Waals surface area contributed by atoms with Crippen molar-refractivity contribution < 1.29 is 0 Å². The van der Waals surface area contributed by atoms with Crippen LogP contribution in [0.4, 0.5) is 0 Å². The van der Waals surface area contributed by atoms with Gasteiger partial charge in [0.1, 0.15) is 0 Å². The van der Waals surface area contributed by atoms with Gasteiger partial charge in [0.15, 0.2) is 11.5 Å². The zero-order chi connectivity index (χ0) is 16.1. The van der Waals surface area contributed by atoms with Gasteiger partial charge in [0.25, 0.3) is 0 Å². The van der Waals surface area contributed by atoms with Crippen LogP contribution in [0.25, 0.3) is 27.8 Å². The molecule has 0 saturated heterocycles. The Balaban J connectivity index is 2.04. The number of rotatable bonds is 2. The molecule has 116 valence electrons. The average molecular weight is 305 g/mol. The molecule has 23 heavy (non-hydrogen) atoms. The first-order valence-corrected chi connectivity index (χ1v) is 7.85. The van der Waals surface area contributed by atoms with Crippen molar-refractivity contribution in [1.82, 2.24) is 24.8 Å². The number of nitrogens with one attached hydrogen (secondary N) is 1. The molecule has 4 rings (SSSR count). The van der Waals surface area contributed by atoms with E-state index in [9.17, 15) is 0 Å². The maximum absolute atomic E-state index is 4.73. The number of hydrogen-bond acceptors (Lipinski definition) is 3. The lowest BCUT2D eigenvalue weighted by Gasteiger charge is -2.10. The second-order valence-electron chi connectivity index (χ2n) is 6.39. The Kier molecular flexibility index (Phi) is 2.98. The molecule has 1 N–H and O–H groups in total. The minimum absolute atomic E-state index is 0.307. The zero-order valence-electron chi connectivity index (χ0n) is 13.8. The lowest BCUT2D eigenvalue weighted by atomic mass is 10.0. The van der Waals surface area contributed by atoms with E-state index in [2.05, 4.69) is 61.1 Å². The second-order valence-corrected chi connectivity index (χ2v) is 6.39. The van der Waals surface area contributed by atoms with Gasteiger partial charge >= 0.3 is 0 Å². The fraction of sp³-hybridized carbons (Fsp3) is 0.278. The number of aromatic amines is 1. The van der Waals surface area contributed by atoms with Crippen molar-refractivity contribution in [2.45, 2.75) is 33.6 Å². The summed E-state index contributed by atoms with van der Waals surface area (Å²) in [5.41, 5.74) is 6.56. The molecular weight excluding hydrogens is 286 g/mol. The van der Waals surface area contributed by atoms with Gasteiger partial charge in [-0.05, 0) is 43.2 Å². The smallest absolute Gasteiger partial charge is 0.156 e. The number of aryl methyl sites for hydroxylation is 2. The Morgan fingerprint density at radius 2 is 1.91 bits per heavy atom. The third-order valence-electron chi connectivity index (χ3n) is 4.25. The number of nitrogens with zero attached hydrogens (tertiary/aromatic N) is 4. The number of H-pyrrole nitrogens is 1. The lowest BCUT2D eigenvalue weighted by Crippen LogP contribution is -1.98. The van der Waals surface area contributed by atoms with Crippen molar-refractivity contribution in [3.63, 3.8) is 0 Å². The van der Waals surface area contributed by atoms with Gasteiger partial charge in [0.05, 0.1) is 17.4 Å². The Morgan fingerprint density at radius 1 is 1.09 bits per heavy atom.